The normalized spacial score (nSPS) is 14.5. The van der Waals surface area contributed by atoms with Gasteiger partial charge in [-0.1, -0.05) is 53.8 Å². The number of benzene rings is 3. The first-order valence-corrected chi connectivity index (χ1v) is 15.2. The number of halogens is 1. The van der Waals surface area contributed by atoms with Crippen molar-refractivity contribution in [1.29, 1.82) is 0 Å². The number of thiazole rings is 1. The molecule has 0 amide bonds. The predicted molar refractivity (Wildman–Crippen MR) is 169 cm³/mol. The fourth-order valence-corrected chi connectivity index (χ4v) is 6.17. The van der Waals surface area contributed by atoms with Crippen molar-refractivity contribution in [3.63, 3.8) is 0 Å². The Labute approximate surface area is 265 Å². The summed E-state index contributed by atoms with van der Waals surface area (Å²) in [5.41, 5.74) is 1.16. The Morgan fingerprint density at radius 1 is 1.04 bits per heavy atom. The van der Waals surface area contributed by atoms with Crippen LogP contribution in [0.1, 0.15) is 36.8 Å². The molecule has 0 saturated carbocycles. The molecule has 1 aliphatic rings. The molecule has 3 heterocycles. The molecule has 12 heteroatoms. The van der Waals surface area contributed by atoms with Crippen LogP contribution in [-0.4, -0.2) is 28.7 Å². The van der Waals surface area contributed by atoms with Crippen molar-refractivity contribution in [2.45, 2.75) is 19.9 Å². The Hall–Kier alpha value is -5.62. The molecule has 1 atom stereocenters. The number of furan rings is 1. The lowest BCUT2D eigenvalue weighted by molar-refractivity contribution is -0.387. The minimum Gasteiger partial charge on any atom is -0.494 e. The fraction of sp³-hybridized carbons (Fsp3) is 0.147. The number of aromatic nitrogens is 1. The van der Waals surface area contributed by atoms with E-state index in [1.807, 2.05) is 37.3 Å². The van der Waals surface area contributed by atoms with Crippen molar-refractivity contribution in [3.8, 4) is 17.1 Å². The van der Waals surface area contributed by atoms with Gasteiger partial charge in [-0.2, -0.15) is 4.39 Å². The number of hydrogen-bond donors (Lipinski definition) is 0. The van der Waals surface area contributed by atoms with Crippen LogP contribution in [0.2, 0.25) is 0 Å². The van der Waals surface area contributed by atoms with E-state index in [-0.39, 0.29) is 28.2 Å². The summed E-state index contributed by atoms with van der Waals surface area (Å²) in [5.74, 6) is -0.366. The third-order valence-corrected chi connectivity index (χ3v) is 8.19. The van der Waals surface area contributed by atoms with Crippen molar-refractivity contribution in [1.82, 2.24) is 4.57 Å². The summed E-state index contributed by atoms with van der Waals surface area (Å²) >= 11 is 1.12. The minimum atomic E-state index is -0.958. The molecule has 0 N–H and O–H groups in total. The van der Waals surface area contributed by atoms with E-state index >= 15 is 0 Å². The molecule has 0 radical (unpaired) electrons. The number of fused-ring (bicyclic) bond motifs is 1. The highest BCUT2D eigenvalue weighted by Crippen LogP contribution is 2.36. The van der Waals surface area contributed by atoms with Crippen LogP contribution in [0.5, 0.6) is 5.75 Å². The fourth-order valence-electron chi connectivity index (χ4n) is 5.19. The van der Waals surface area contributed by atoms with Crippen LogP contribution in [0.15, 0.2) is 105 Å². The maximum atomic E-state index is 14.1. The van der Waals surface area contributed by atoms with Crippen LogP contribution in [-0.2, 0) is 9.53 Å². The summed E-state index contributed by atoms with van der Waals surface area (Å²) in [5, 5.41) is 11.2. The van der Waals surface area contributed by atoms with Crippen LogP contribution in [0, 0.1) is 15.9 Å². The van der Waals surface area contributed by atoms with Crippen molar-refractivity contribution in [2.24, 2.45) is 4.99 Å². The van der Waals surface area contributed by atoms with Crippen molar-refractivity contribution >= 4 is 34.8 Å². The predicted octanol–water partition coefficient (Wildman–Crippen LogP) is 5.64. The molecule has 2 aromatic heterocycles. The SMILES string of the molecule is CCOC(=O)C1=C(c2ccccc2)N=c2s/c(=C\c3ccc(-c4ccc(F)c([N+](=O)[O-])c4)o3)c(=O)n2[C@@H]1c1ccc(OCC)cc1. The van der Waals surface area contributed by atoms with Crippen LogP contribution in [0.4, 0.5) is 10.1 Å². The van der Waals surface area contributed by atoms with E-state index in [0.717, 1.165) is 23.5 Å². The van der Waals surface area contributed by atoms with E-state index in [0.29, 0.717) is 39.5 Å². The highest BCUT2D eigenvalue weighted by Gasteiger charge is 2.35. The van der Waals surface area contributed by atoms with Crippen LogP contribution >= 0.6 is 11.3 Å². The number of carbonyl (C=O) groups excluding carboxylic acids is 1. The summed E-state index contributed by atoms with van der Waals surface area (Å²) in [6.45, 7) is 4.20. The number of nitro benzene ring substituents is 1. The Morgan fingerprint density at radius 2 is 1.80 bits per heavy atom. The molecule has 3 aromatic carbocycles. The molecule has 5 aromatic rings. The highest BCUT2D eigenvalue weighted by molar-refractivity contribution is 7.07. The lowest BCUT2D eigenvalue weighted by Crippen LogP contribution is -2.40. The van der Waals surface area contributed by atoms with Crippen molar-refractivity contribution in [2.75, 3.05) is 13.2 Å². The molecular weight excluding hydrogens is 613 g/mol. The van der Waals surface area contributed by atoms with E-state index in [4.69, 9.17) is 18.9 Å². The average molecular weight is 640 g/mol. The van der Waals surface area contributed by atoms with Gasteiger partial charge in [-0.05, 0) is 55.8 Å². The maximum Gasteiger partial charge on any atom is 0.338 e. The number of ether oxygens (including phenoxy) is 2. The van der Waals surface area contributed by atoms with E-state index in [1.165, 1.54) is 16.7 Å². The molecule has 232 valence electrons. The maximum absolute atomic E-state index is 14.1. The number of nitrogens with zero attached hydrogens (tertiary/aromatic N) is 3. The Morgan fingerprint density at radius 3 is 2.50 bits per heavy atom. The zero-order chi connectivity index (χ0) is 32.4. The van der Waals surface area contributed by atoms with Crippen molar-refractivity contribution in [3.05, 3.63) is 143 Å². The second-order valence-electron chi connectivity index (χ2n) is 10.1. The minimum absolute atomic E-state index is 0.128. The number of hydrogen-bond acceptors (Lipinski definition) is 9. The van der Waals surface area contributed by atoms with Gasteiger partial charge < -0.3 is 13.9 Å². The van der Waals surface area contributed by atoms with Gasteiger partial charge >= 0.3 is 11.7 Å². The first kappa shape index (κ1) is 30.4. The Balaban J connectivity index is 1.52. The summed E-state index contributed by atoms with van der Waals surface area (Å²) in [6, 6.07) is 22.2. The second-order valence-corrected chi connectivity index (χ2v) is 11.1. The highest BCUT2D eigenvalue weighted by atomic mass is 32.1. The molecule has 1 aliphatic heterocycles. The van der Waals surface area contributed by atoms with Gasteiger partial charge in [0.25, 0.3) is 5.56 Å². The molecule has 6 rings (SSSR count). The van der Waals surface area contributed by atoms with Crippen LogP contribution in [0.3, 0.4) is 0 Å². The summed E-state index contributed by atoms with van der Waals surface area (Å²) in [6.07, 6.45) is 1.54. The number of nitro groups is 1. The first-order valence-electron chi connectivity index (χ1n) is 14.3. The van der Waals surface area contributed by atoms with Gasteiger partial charge in [-0.25, -0.2) is 9.79 Å². The molecule has 46 heavy (non-hydrogen) atoms. The van der Waals surface area contributed by atoms with E-state index in [2.05, 4.69) is 0 Å². The Bertz CT molecular complexity index is 2170. The van der Waals surface area contributed by atoms with Gasteiger partial charge in [-0.15, -0.1) is 0 Å². The molecule has 0 bridgehead atoms. The van der Waals surface area contributed by atoms with Crippen LogP contribution < -0.4 is 19.6 Å². The lowest BCUT2D eigenvalue weighted by Gasteiger charge is -2.26. The smallest absolute Gasteiger partial charge is 0.338 e. The third kappa shape index (κ3) is 5.77. The van der Waals surface area contributed by atoms with Crippen molar-refractivity contribution < 1.29 is 28.0 Å². The van der Waals surface area contributed by atoms with Gasteiger partial charge in [0, 0.05) is 23.3 Å². The zero-order valence-electron chi connectivity index (χ0n) is 24.6. The molecular formula is C34H26FN3O7S. The largest absolute Gasteiger partial charge is 0.494 e. The number of esters is 1. The molecule has 10 nitrogen and oxygen atoms in total. The molecule has 0 saturated heterocycles. The third-order valence-electron chi connectivity index (χ3n) is 7.21. The number of rotatable bonds is 9. The molecule has 0 fully saturated rings. The Kier molecular flexibility index (Phi) is 8.45. The lowest BCUT2D eigenvalue weighted by atomic mass is 9.93. The van der Waals surface area contributed by atoms with Gasteiger partial charge in [0.15, 0.2) is 4.80 Å². The van der Waals surface area contributed by atoms with E-state index in [1.54, 1.807) is 43.3 Å². The van der Waals surface area contributed by atoms with Gasteiger partial charge in [0.05, 0.1) is 40.0 Å². The first-order chi connectivity index (χ1) is 22.3. The summed E-state index contributed by atoms with van der Waals surface area (Å²) in [7, 11) is 0. The molecule has 0 aliphatic carbocycles. The van der Waals surface area contributed by atoms with E-state index < -0.39 is 34.0 Å². The molecule has 0 unspecified atom stereocenters. The monoisotopic (exact) mass is 639 g/mol. The van der Waals surface area contributed by atoms with E-state index in [9.17, 15) is 24.1 Å². The van der Waals surface area contributed by atoms with Gasteiger partial charge in [-0.3, -0.25) is 19.5 Å². The summed E-state index contributed by atoms with van der Waals surface area (Å²) < 4.78 is 32.6. The average Bonchev–Trinajstić information content (AvgIpc) is 3.65. The molecule has 0 spiro atoms. The van der Waals surface area contributed by atoms with Gasteiger partial charge in [0.1, 0.15) is 17.3 Å². The van der Waals surface area contributed by atoms with Gasteiger partial charge in [0.2, 0.25) is 5.82 Å². The second kappa shape index (κ2) is 12.8. The zero-order valence-corrected chi connectivity index (χ0v) is 25.5. The standard InChI is InChI=1S/C34H26FN3O7S/c1-3-43-23-13-10-21(11-14-23)31-29(33(40)44-4-2)30(20-8-6-5-7-9-20)36-34-37(31)32(39)28(46-34)19-24-15-17-27(45-24)22-12-16-25(35)26(18-22)38(41)42/h5-19,31H,3-4H2,1-2H3/b28-19-/t31-/m1/s1. The van der Waals surface area contributed by atoms with Crippen LogP contribution in [0.25, 0.3) is 23.1 Å². The topological polar surface area (TPSA) is 126 Å². The summed E-state index contributed by atoms with van der Waals surface area (Å²) in [4.78, 5) is 43.3. The quantitative estimate of drug-likeness (QED) is 0.116. The number of carbonyl (C=O) groups is 1.